The molecule has 0 aliphatic carbocycles. The Kier molecular flexibility index (Phi) is 10.6. The molecule has 1 aromatic heterocycles. The number of carbonyl (C=O) groups is 2. The lowest BCUT2D eigenvalue weighted by molar-refractivity contribution is -0.145. The maximum Gasteiger partial charge on any atom is 0.416 e. The smallest absolute Gasteiger partial charge is 0.338 e. The molecule has 1 aliphatic rings. The average Bonchev–Trinajstić information content (AvgIpc) is 3.07. The summed E-state index contributed by atoms with van der Waals surface area (Å²) in [4.78, 5) is 38.4. The van der Waals surface area contributed by atoms with E-state index < -0.39 is 23.7 Å². The number of benzene rings is 3. The molecule has 3 aromatic carbocycles. The van der Waals surface area contributed by atoms with Gasteiger partial charge in [0.1, 0.15) is 6.04 Å². The van der Waals surface area contributed by atoms with Crippen molar-refractivity contribution in [3.63, 3.8) is 0 Å². The number of halogens is 3. The molecule has 0 N–H and O–H groups in total. The van der Waals surface area contributed by atoms with E-state index in [2.05, 4.69) is 22.0 Å². The van der Waals surface area contributed by atoms with E-state index in [1.807, 2.05) is 72.5 Å². The lowest BCUT2D eigenvalue weighted by Gasteiger charge is -2.39. The molecule has 0 radical (unpaired) electrons. The monoisotopic (exact) mass is 626 g/mol. The van der Waals surface area contributed by atoms with Crippen LogP contribution in [0.15, 0.2) is 109 Å². The summed E-state index contributed by atoms with van der Waals surface area (Å²) in [6.45, 7) is 5.30. The van der Waals surface area contributed by atoms with Gasteiger partial charge in [-0.3, -0.25) is 19.5 Å². The van der Waals surface area contributed by atoms with Crippen molar-refractivity contribution in [1.82, 2.24) is 19.7 Å². The Bertz CT molecular complexity index is 1600. The molecule has 1 atom stereocenters. The lowest BCUT2D eigenvalue weighted by Crippen LogP contribution is -2.56. The zero-order valence-electron chi connectivity index (χ0n) is 25.7. The number of amides is 2. The first-order valence-corrected chi connectivity index (χ1v) is 15.3. The second-order valence-corrected chi connectivity index (χ2v) is 11.5. The number of rotatable bonds is 10. The molecule has 0 saturated carbocycles. The Hall–Kier alpha value is -4.76. The molecule has 9 heteroatoms. The van der Waals surface area contributed by atoms with Crippen molar-refractivity contribution >= 4 is 17.9 Å². The van der Waals surface area contributed by atoms with Crippen molar-refractivity contribution in [2.45, 2.75) is 38.7 Å². The second-order valence-electron chi connectivity index (χ2n) is 11.5. The number of aryl methyl sites for hydroxylation is 1. The molecule has 1 aliphatic heterocycles. The highest BCUT2D eigenvalue weighted by Gasteiger charge is 2.34. The molecule has 0 unspecified atom stereocenters. The quantitative estimate of drug-likeness (QED) is 0.191. The largest absolute Gasteiger partial charge is 0.416 e. The summed E-state index contributed by atoms with van der Waals surface area (Å²) >= 11 is 0. The van der Waals surface area contributed by atoms with Gasteiger partial charge >= 0.3 is 6.18 Å². The van der Waals surface area contributed by atoms with Gasteiger partial charge < -0.3 is 9.80 Å². The van der Waals surface area contributed by atoms with Crippen LogP contribution >= 0.6 is 0 Å². The van der Waals surface area contributed by atoms with Gasteiger partial charge in [0.2, 0.25) is 11.8 Å². The number of nitrogens with zero attached hydrogens (tertiary/aromatic N) is 4. The summed E-state index contributed by atoms with van der Waals surface area (Å²) in [5.41, 5.74) is 3.40. The van der Waals surface area contributed by atoms with Crippen molar-refractivity contribution < 1.29 is 22.8 Å². The van der Waals surface area contributed by atoms with E-state index >= 15 is 0 Å². The third-order valence-corrected chi connectivity index (χ3v) is 8.13. The Labute approximate surface area is 267 Å². The molecule has 1 saturated heterocycles. The summed E-state index contributed by atoms with van der Waals surface area (Å²) in [5, 5.41) is 0. The molecule has 2 amide bonds. The van der Waals surface area contributed by atoms with Crippen LogP contribution in [0, 0.1) is 6.92 Å². The minimum absolute atomic E-state index is 0.139. The van der Waals surface area contributed by atoms with E-state index in [1.165, 1.54) is 29.8 Å². The van der Waals surface area contributed by atoms with E-state index in [0.717, 1.165) is 35.5 Å². The molecular weight excluding hydrogens is 589 g/mol. The van der Waals surface area contributed by atoms with Crippen molar-refractivity contribution in [2.75, 3.05) is 26.2 Å². The number of aromatic nitrogens is 1. The first kappa shape index (κ1) is 32.6. The predicted molar refractivity (Wildman–Crippen MR) is 172 cm³/mol. The first-order chi connectivity index (χ1) is 22.2. The maximum atomic E-state index is 14.3. The number of piperazine rings is 1. The van der Waals surface area contributed by atoms with Gasteiger partial charge in [-0.05, 0) is 53.5 Å². The Morgan fingerprint density at radius 3 is 2.04 bits per heavy atom. The van der Waals surface area contributed by atoms with Crippen LogP contribution in [-0.2, 0) is 35.3 Å². The fourth-order valence-electron chi connectivity index (χ4n) is 5.52. The van der Waals surface area contributed by atoms with Gasteiger partial charge in [-0.1, -0.05) is 78.9 Å². The Morgan fingerprint density at radius 2 is 1.46 bits per heavy atom. The third kappa shape index (κ3) is 8.91. The molecular formula is C37H37F3N4O2. The molecule has 4 aromatic rings. The predicted octanol–water partition coefficient (Wildman–Crippen LogP) is 6.41. The molecule has 2 heterocycles. The standard InChI is InChI=1S/C37H37F3N4O2/c1-28-12-13-32(25-41-28)27-44(35(45)19-16-29-14-17-33(18-15-29)37(38,39)40)34(24-30-8-4-2-5-9-30)36(46)43-22-20-42(21-23-43)26-31-10-6-3-7-11-31/h2-19,25,34H,20-24,26-27H2,1H3/b19-16+/t34-/m0/s1. The van der Waals surface area contributed by atoms with Crippen LogP contribution in [0.1, 0.15) is 33.5 Å². The van der Waals surface area contributed by atoms with Crippen molar-refractivity contribution in [1.29, 1.82) is 0 Å². The topological polar surface area (TPSA) is 56.8 Å². The van der Waals surface area contributed by atoms with Crippen LogP contribution in [0.2, 0.25) is 0 Å². The van der Waals surface area contributed by atoms with Gasteiger partial charge in [-0.15, -0.1) is 0 Å². The summed E-state index contributed by atoms with van der Waals surface area (Å²) < 4.78 is 39.2. The van der Waals surface area contributed by atoms with Gasteiger partial charge in [0.05, 0.1) is 5.56 Å². The highest BCUT2D eigenvalue weighted by Crippen LogP contribution is 2.29. The van der Waals surface area contributed by atoms with Gasteiger partial charge in [-0.25, -0.2) is 0 Å². The highest BCUT2D eigenvalue weighted by molar-refractivity contribution is 5.95. The van der Waals surface area contributed by atoms with Crippen LogP contribution in [0.5, 0.6) is 0 Å². The number of hydrogen-bond acceptors (Lipinski definition) is 4. The van der Waals surface area contributed by atoms with Crippen molar-refractivity contribution in [3.8, 4) is 0 Å². The molecule has 1 fully saturated rings. The van der Waals surface area contributed by atoms with Crippen LogP contribution in [0.4, 0.5) is 13.2 Å². The fraction of sp³-hybridized carbons (Fsp3) is 0.270. The van der Waals surface area contributed by atoms with Crippen molar-refractivity contribution in [2.24, 2.45) is 0 Å². The molecule has 0 bridgehead atoms. The third-order valence-electron chi connectivity index (χ3n) is 8.13. The molecule has 6 nitrogen and oxygen atoms in total. The number of carbonyl (C=O) groups excluding carboxylic acids is 2. The normalized spacial score (nSPS) is 14.7. The Balaban J connectivity index is 1.40. The van der Waals surface area contributed by atoms with E-state index in [-0.39, 0.29) is 12.5 Å². The van der Waals surface area contributed by atoms with E-state index in [4.69, 9.17) is 0 Å². The first-order valence-electron chi connectivity index (χ1n) is 15.3. The number of hydrogen-bond donors (Lipinski definition) is 0. The average molecular weight is 627 g/mol. The summed E-state index contributed by atoms with van der Waals surface area (Å²) in [6.07, 6.45) is 0.363. The van der Waals surface area contributed by atoms with Gasteiger partial charge in [0.15, 0.2) is 0 Å². The van der Waals surface area contributed by atoms with Crippen LogP contribution < -0.4 is 0 Å². The van der Waals surface area contributed by atoms with Gasteiger partial charge in [0.25, 0.3) is 0 Å². The maximum absolute atomic E-state index is 14.3. The molecule has 5 rings (SSSR count). The summed E-state index contributed by atoms with van der Waals surface area (Å²) in [5.74, 6) is -0.558. The van der Waals surface area contributed by atoms with E-state index in [1.54, 1.807) is 11.1 Å². The van der Waals surface area contributed by atoms with E-state index in [9.17, 15) is 22.8 Å². The van der Waals surface area contributed by atoms with Gasteiger partial charge in [-0.2, -0.15) is 13.2 Å². The van der Waals surface area contributed by atoms with E-state index in [0.29, 0.717) is 38.2 Å². The summed E-state index contributed by atoms with van der Waals surface area (Å²) in [7, 11) is 0. The Morgan fingerprint density at radius 1 is 0.826 bits per heavy atom. The van der Waals surface area contributed by atoms with Crippen LogP contribution in [0.3, 0.4) is 0 Å². The lowest BCUT2D eigenvalue weighted by atomic mass is 10.0. The van der Waals surface area contributed by atoms with Crippen molar-refractivity contribution in [3.05, 3.63) is 143 Å². The minimum Gasteiger partial charge on any atom is -0.338 e. The highest BCUT2D eigenvalue weighted by atomic mass is 19.4. The van der Waals surface area contributed by atoms with Crippen LogP contribution in [0.25, 0.3) is 6.08 Å². The molecule has 0 spiro atoms. The van der Waals surface area contributed by atoms with Gasteiger partial charge in [0, 0.05) is 63.7 Å². The minimum atomic E-state index is -4.45. The molecule has 238 valence electrons. The zero-order chi connectivity index (χ0) is 32.5. The second kappa shape index (κ2) is 15.0. The summed E-state index contributed by atoms with van der Waals surface area (Å²) in [6, 6.07) is 27.3. The van der Waals surface area contributed by atoms with Crippen LogP contribution in [-0.4, -0.2) is 63.7 Å². The SMILES string of the molecule is Cc1ccc(CN(C(=O)/C=C/c2ccc(C(F)(F)F)cc2)[C@@H](Cc2ccccc2)C(=O)N2CCN(Cc3ccccc3)CC2)cn1. The molecule has 46 heavy (non-hydrogen) atoms. The number of pyridine rings is 1. The fourth-order valence-corrected chi connectivity index (χ4v) is 5.52. The number of alkyl halides is 3. The zero-order valence-corrected chi connectivity index (χ0v) is 25.7.